The van der Waals surface area contributed by atoms with Crippen LogP contribution in [0.4, 0.5) is 0 Å². The fraction of sp³-hybridized carbons (Fsp3) is 0.0465. The molecule has 1 nitrogen and oxygen atoms in total. The van der Waals surface area contributed by atoms with Crippen LogP contribution in [-0.2, 0) is 12.8 Å². The van der Waals surface area contributed by atoms with Gasteiger partial charge < -0.3 is 0 Å². The Morgan fingerprint density at radius 2 is 1.36 bits per heavy atom. The van der Waals surface area contributed by atoms with Crippen LogP contribution in [0.3, 0.4) is 0 Å². The summed E-state index contributed by atoms with van der Waals surface area (Å²) in [5.41, 5.74) is 16.8. The van der Waals surface area contributed by atoms with Crippen molar-refractivity contribution in [3.63, 3.8) is 0 Å². The van der Waals surface area contributed by atoms with Crippen LogP contribution >= 0.6 is 0 Å². The topological polar surface area (TPSA) is 12.9 Å². The first-order valence-corrected chi connectivity index (χ1v) is 15.4. The van der Waals surface area contributed by atoms with Crippen LogP contribution in [0.5, 0.6) is 0 Å². The highest BCUT2D eigenvalue weighted by atomic mass is 14.6. The number of allylic oxidation sites excluding steroid dienone is 3. The summed E-state index contributed by atoms with van der Waals surface area (Å²) in [7, 11) is 0. The quantitative estimate of drug-likeness (QED) is 0.210. The summed E-state index contributed by atoms with van der Waals surface area (Å²) in [5.74, 6) is 0. The average molecular weight is 560 g/mol. The molecule has 1 heteroatoms. The summed E-state index contributed by atoms with van der Waals surface area (Å²) < 4.78 is 0. The van der Waals surface area contributed by atoms with E-state index in [1.54, 1.807) is 0 Å². The first kappa shape index (κ1) is 25.0. The van der Waals surface area contributed by atoms with E-state index in [0.717, 1.165) is 18.4 Å². The third kappa shape index (κ3) is 4.05. The molecule has 0 atom stereocenters. The Bertz CT molecular complexity index is 2320. The summed E-state index contributed by atoms with van der Waals surface area (Å²) in [6, 6.07) is 46.7. The molecule has 1 aromatic heterocycles. The molecule has 0 N–H and O–H groups in total. The molecule has 9 rings (SSSR count). The number of benzene rings is 6. The number of nitrogens with zero attached hydrogens (tertiary/aromatic N) is 1. The zero-order chi connectivity index (χ0) is 29.0. The third-order valence-corrected chi connectivity index (χ3v) is 9.43. The normalized spacial score (nSPS) is 13.3. The van der Waals surface area contributed by atoms with Crippen LogP contribution < -0.4 is 0 Å². The molecule has 0 bridgehead atoms. The standard InChI is InChI=1S/C43H29N/c1-2-7-28(8-3-1)29-14-15-30-16-17-31-18-19-32(26-40(31)36(30)23-22-29)33-20-21-34-25-35-9-4-11-39(43(35)41(34)27-33)37-10-5-13-42-38(37)12-6-24-44-42/h1-22,24,26-27H,23,25H2. The summed E-state index contributed by atoms with van der Waals surface area (Å²) in [5, 5.41) is 3.82. The predicted octanol–water partition coefficient (Wildman–Crippen LogP) is 10.9. The molecule has 206 valence electrons. The van der Waals surface area contributed by atoms with Gasteiger partial charge in [0.25, 0.3) is 0 Å². The van der Waals surface area contributed by atoms with Gasteiger partial charge in [-0.25, -0.2) is 0 Å². The second-order valence-corrected chi connectivity index (χ2v) is 11.9. The minimum absolute atomic E-state index is 0.911. The maximum atomic E-state index is 4.63. The molecule has 0 unspecified atom stereocenters. The molecule has 0 radical (unpaired) electrons. The highest BCUT2D eigenvalue weighted by molar-refractivity contribution is 6.02. The van der Waals surface area contributed by atoms with Crippen molar-refractivity contribution in [1.29, 1.82) is 0 Å². The van der Waals surface area contributed by atoms with Crippen molar-refractivity contribution in [2.45, 2.75) is 12.8 Å². The van der Waals surface area contributed by atoms with Gasteiger partial charge in [0, 0.05) is 11.6 Å². The summed E-state index contributed by atoms with van der Waals surface area (Å²) in [4.78, 5) is 4.63. The lowest BCUT2D eigenvalue weighted by molar-refractivity contribution is 1.26. The number of pyridine rings is 1. The average Bonchev–Trinajstić information content (AvgIpc) is 3.32. The molecule has 0 spiro atoms. The second kappa shape index (κ2) is 10.0. The van der Waals surface area contributed by atoms with Crippen LogP contribution in [0.15, 0.2) is 146 Å². The molecule has 1 heterocycles. The Kier molecular flexibility index (Phi) is 5.70. The van der Waals surface area contributed by atoms with Crippen LogP contribution in [-0.4, -0.2) is 4.98 Å². The van der Waals surface area contributed by atoms with E-state index in [9.17, 15) is 0 Å². The molecule has 0 aliphatic heterocycles. The van der Waals surface area contributed by atoms with Gasteiger partial charge in [0.05, 0.1) is 5.52 Å². The van der Waals surface area contributed by atoms with E-state index >= 15 is 0 Å². The van der Waals surface area contributed by atoms with Gasteiger partial charge in [-0.3, -0.25) is 4.98 Å². The zero-order valence-electron chi connectivity index (χ0n) is 24.3. The van der Waals surface area contributed by atoms with Crippen LogP contribution in [0, 0.1) is 0 Å². The molecule has 6 aromatic carbocycles. The lowest BCUT2D eigenvalue weighted by Gasteiger charge is -2.14. The smallest absolute Gasteiger partial charge is 0.0708 e. The van der Waals surface area contributed by atoms with Gasteiger partial charge in [-0.2, -0.15) is 0 Å². The van der Waals surface area contributed by atoms with E-state index in [1.165, 1.54) is 82.9 Å². The Morgan fingerprint density at radius 1 is 0.523 bits per heavy atom. The summed E-state index contributed by atoms with van der Waals surface area (Å²) in [6.07, 6.45) is 10.7. The van der Waals surface area contributed by atoms with Crippen molar-refractivity contribution in [3.05, 3.63) is 174 Å². The van der Waals surface area contributed by atoms with E-state index in [-0.39, 0.29) is 0 Å². The van der Waals surface area contributed by atoms with Crippen molar-refractivity contribution in [1.82, 2.24) is 4.98 Å². The van der Waals surface area contributed by atoms with Crippen molar-refractivity contribution in [2.24, 2.45) is 0 Å². The second-order valence-electron chi connectivity index (χ2n) is 11.9. The number of hydrogen-bond donors (Lipinski definition) is 0. The van der Waals surface area contributed by atoms with E-state index in [1.807, 2.05) is 12.3 Å². The fourth-order valence-corrected chi connectivity index (χ4v) is 7.24. The largest absolute Gasteiger partial charge is 0.256 e. The van der Waals surface area contributed by atoms with Crippen molar-refractivity contribution < 1.29 is 0 Å². The van der Waals surface area contributed by atoms with Crippen molar-refractivity contribution in [3.8, 4) is 33.4 Å². The van der Waals surface area contributed by atoms with Gasteiger partial charge in [-0.1, -0.05) is 121 Å². The zero-order valence-corrected chi connectivity index (χ0v) is 24.3. The lowest BCUT2D eigenvalue weighted by Crippen LogP contribution is -1.91. The van der Waals surface area contributed by atoms with Crippen LogP contribution in [0.25, 0.3) is 66.7 Å². The highest BCUT2D eigenvalue weighted by Crippen LogP contribution is 2.46. The Labute approximate surface area is 257 Å². The van der Waals surface area contributed by atoms with E-state index in [4.69, 9.17) is 0 Å². The molecule has 2 aliphatic rings. The van der Waals surface area contributed by atoms with E-state index in [2.05, 4.69) is 145 Å². The minimum atomic E-state index is 0.911. The number of fused-ring (bicyclic) bond motifs is 7. The van der Waals surface area contributed by atoms with Crippen molar-refractivity contribution >= 4 is 33.3 Å². The van der Waals surface area contributed by atoms with Crippen LogP contribution in [0.1, 0.15) is 27.8 Å². The first-order valence-electron chi connectivity index (χ1n) is 15.4. The maximum absolute atomic E-state index is 4.63. The molecule has 0 saturated heterocycles. The molecular weight excluding hydrogens is 530 g/mol. The Hall–Kier alpha value is -5.53. The van der Waals surface area contributed by atoms with Gasteiger partial charge in [0.2, 0.25) is 0 Å². The SMILES string of the molecule is C1=Cc2ccc3ccc(-c4ccc5c(c4)-c4c(cccc4-c4cccc6ncccc46)C5)cc3c2CC=C1c1ccccc1. The molecule has 2 aliphatic carbocycles. The van der Waals surface area contributed by atoms with Gasteiger partial charge >= 0.3 is 0 Å². The number of hydrogen-bond acceptors (Lipinski definition) is 1. The monoisotopic (exact) mass is 559 g/mol. The minimum Gasteiger partial charge on any atom is -0.256 e. The third-order valence-electron chi connectivity index (χ3n) is 9.43. The summed E-state index contributed by atoms with van der Waals surface area (Å²) in [6.45, 7) is 0. The van der Waals surface area contributed by atoms with Gasteiger partial charge in [-0.15, -0.1) is 0 Å². The lowest BCUT2D eigenvalue weighted by atomic mass is 9.90. The summed E-state index contributed by atoms with van der Waals surface area (Å²) >= 11 is 0. The van der Waals surface area contributed by atoms with Gasteiger partial charge in [-0.05, 0) is 115 Å². The van der Waals surface area contributed by atoms with Gasteiger partial charge in [0.15, 0.2) is 0 Å². The number of aromatic nitrogens is 1. The van der Waals surface area contributed by atoms with Gasteiger partial charge in [0.1, 0.15) is 0 Å². The fourth-order valence-electron chi connectivity index (χ4n) is 7.24. The molecular formula is C43H29N. The Balaban J connectivity index is 1.15. The molecule has 0 amide bonds. The van der Waals surface area contributed by atoms with E-state index in [0.29, 0.717) is 0 Å². The first-order chi connectivity index (χ1) is 21.8. The molecule has 0 saturated carbocycles. The maximum Gasteiger partial charge on any atom is 0.0708 e. The number of rotatable bonds is 3. The van der Waals surface area contributed by atoms with E-state index < -0.39 is 0 Å². The Morgan fingerprint density at radius 3 is 2.32 bits per heavy atom. The highest BCUT2D eigenvalue weighted by Gasteiger charge is 2.23. The van der Waals surface area contributed by atoms with Crippen molar-refractivity contribution in [2.75, 3.05) is 0 Å². The van der Waals surface area contributed by atoms with Crippen LogP contribution in [0.2, 0.25) is 0 Å². The molecule has 0 fully saturated rings. The predicted molar refractivity (Wildman–Crippen MR) is 186 cm³/mol. The molecule has 44 heavy (non-hydrogen) atoms. The molecule has 7 aromatic rings.